The Balaban J connectivity index is 1.70. The number of thiophene rings is 1. The Bertz CT molecular complexity index is 538. The molecule has 1 aliphatic rings. The number of guanidine groups is 1. The van der Waals surface area contributed by atoms with Crippen LogP contribution in [-0.2, 0) is 16.3 Å². The predicted octanol–water partition coefficient (Wildman–Crippen LogP) is 1.02. The SMILES string of the molecule is NC(=NCC1CCCS(=O)(=O)C1)NCCc1cccs1. The molecule has 1 saturated heterocycles. The molecule has 7 heteroatoms. The lowest BCUT2D eigenvalue weighted by atomic mass is 10.1. The van der Waals surface area contributed by atoms with E-state index in [9.17, 15) is 8.42 Å². The van der Waals surface area contributed by atoms with Gasteiger partial charge in [-0.2, -0.15) is 0 Å². The molecule has 0 amide bonds. The fourth-order valence-corrected chi connectivity index (χ4v) is 4.79. The van der Waals surface area contributed by atoms with E-state index in [1.54, 1.807) is 11.3 Å². The summed E-state index contributed by atoms with van der Waals surface area (Å²) in [7, 11) is -2.86. The van der Waals surface area contributed by atoms with Crippen LogP contribution in [0.5, 0.6) is 0 Å². The average molecular weight is 315 g/mol. The number of hydrogen-bond acceptors (Lipinski definition) is 4. The quantitative estimate of drug-likeness (QED) is 0.627. The fourth-order valence-electron chi connectivity index (χ4n) is 2.31. The number of aliphatic imine (C=N–C) groups is 1. The van der Waals surface area contributed by atoms with Gasteiger partial charge >= 0.3 is 0 Å². The van der Waals surface area contributed by atoms with E-state index in [-0.39, 0.29) is 11.7 Å². The Kier molecular flexibility index (Phi) is 5.42. The number of nitrogens with two attached hydrogens (primary N) is 1. The van der Waals surface area contributed by atoms with Crippen molar-refractivity contribution in [2.75, 3.05) is 24.6 Å². The molecule has 1 atom stereocenters. The Morgan fingerprint density at radius 1 is 1.55 bits per heavy atom. The van der Waals surface area contributed by atoms with E-state index in [2.05, 4.69) is 21.8 Å². The van der Waals surface area contributed by atoms with Gasteiger partial charge in [-0.15, -0.1) is 11.3 Å². The van der Waals surface area contributed by atoms with Crippen molar-refractivity contribution < 1.29 is 8.42 Å². The van der Waals surface area contributed by atoms with Crippen LogP contribution >= 0.6 is 11.3 Å². The molecule has 1 aromatic heterocycles. The van der Waals surface area contributed by atoms with Crippen molar-refractivity contribution in [1.82, 2.24) is 5.32 Å². The number of rotatable bonds is 5. The van der Waals surface area contributed by atoms with Gasteiger partial charge < -0.3 is 11.1 Å². The van der Waals surface area contributed by atoms with Gasteiger partial charge in [-0.25, -0.2) is 8.42 Å². The van der Waals surface area contributed by atoms with Gasteiger partial charge in [0.15, 0.2) is 15.8 Å². The highest BCUT2D eigenvalue weighted by Crippen LogP contribution is 2.18. The van der Waals surface area contributed by atoms with Crippen LogP contribution in [0.15, 0.2) is 22.5 Å². The third-order valence-electron chi connectivity index (χ3n) is 3.33. The molecule has 2 rings (SSSR count). The molecule has 0 saturated carbocycles. The summed E-state index contributed by atoms with van der Waals surface area (Å²) in [5.41, 5.74) is 5.79. The summed E-state index contributed by atoms with van der Waals surface area (Å²) in [6.07, 6.45) is 2.59. The van der Waals surface area contributed by atoms with Crippen LogP contribution in [0.3, 0.4) is 0 Å². The van der Waals surface area contributed by atoms with Gasteiger partial charge in [0.05, 0.1) is 11.5 Å². The Labute approximate surface area is 124 Å². The maximum Gasteiger partial charge on any atom is 0.188 e. The monoisotopic (exact) mass is 315 g/mol. The van der Waals surface area contributed by atoms with Crippen LogP contribution < -0.4 is 11.1 Å². The number of sulfone groups is 1. The van der Waals surface area contributed by atoms with Crippen LogP contribution in [0.2, 0.25) is 0 Å². The molecule has 20 heavy (non-hydrogen) atoms. The number of nitrogens with one attached hydrogen (secondary N) is 1. The highest BCUT2D eigenvalue weighted by Gasteiger charge is 2.24. The lowest BCUT2D eigenvalue weighted by Gasteiger charge is -2.20. The average Bonchev–Trinajstić information content (AvgIpc) is 2.88. The molecule has 1 fully saturated rings. The van der Waals surface area contributed by atoms with Crippen molar-refractivity contribution in [2.45, 2.75) is 19.3 Å². The third kappa shape index (κ3) is 5.13. The summed E-state index contributed by atoms with van der Waals surface area (Å²) in [5, 5.41) is 5.12. The zero-order valence-electron chi connectivity index (χ0n) is 11.4. The van der Waals surface area contributed by atoms with E-state index in [0.29, 0.717) is 18.3 Å². The maximum atomic E-state index is 11.5. The Morgan fingerprint density at radius 2 is 2.40 bits per heavy atom. The highest BCUT2D eigenvalue weighted by atomic mass is 32.2. The van der Waals surface area contributed by atoms with Crippen LogP contribution in [0, 0.1) is 5.92 Å². The van der Waals surface area contributed by atoms with Gasteiger partial charge in [-0.3, -0.25) is 4.99 Å². The van der Waals surface area contributed by atoms with Gasteiger partial charge in [0, 0.05) is 18.0 Å². The van der Waals surface area contributed by atoms with Crippen molar-refractivity contribution in [3.8, 4) is 0 Å². The minimum Gasteiger partial charge on any atom is -0.370 e. The zero-order chi connectivity index (χ0) is 14.4. The van der Waals surface area contributed by atoms with Crippen molar-refractivity contribution in [3.63, 3.8) is 0 Å². The largest absolute Gasteiger partial charge is 0.370 e. The van der Waals surface area contributed by atoms with E-state index < -0.39 is 9.84 Å². The first-order chi connectivity index (χ1) is 9.55. The minimum atomic E-state index is -2.86. The zero-order valence-corrected chi connectivity index (χ0v) is 13.0. The minimum absolute atomic E-state index is 0.117. The molecule has 0 bridgehead atoms. The van der Waals surface area contributed by atoms with Crippen molar-refractivity contribution in [3.05, 3.63) is 22.4 Å². The second-order valence-electron chi connectivity index (χ2n) is 5.10. The summed E-state index contributed by atoms with van der Waals surface area (Å²) in [6, 6.07) is 4.12. The van der Waals surface area contributed by atoms with Gasteiger partial charge in [0.25, 0.3) is 0 Å². The van der Waals surface area contributed by atoms with Gasteiger partial charge in [-0.1, -0.05) is 6.07 Å². The van der Waals surface area contributed by atoms with Gasteiger partial charge in [0.2, 0.25) is 0 Å². The topological polar surface area (TPSA) is 84.5 Å². The van der Waals surface area contributed by atoms with Crippen LogP contribution in [0.1, 0.15) is 17.7 Å². The van der Waals surface area contributed by atoms with E-state index in [1.807, 2.05) is 6.07 Å². The van der Waals surface area contributed by atoms with Crippen molar-refractivity contribution in [2.24, 2.45) is 16.6 Å². The van der Waals surface area contributed by atoms with Crippen LogP contribution in [0.25, 0.3) is 0 Å². The Hall–Kier alpha value is -1.08. The summed E-state index contributed by atoms with van der Waals surface area (Å²) >= 11 is 1.72. The van der Waals surface area contributed by atoms with E-state index in [0.717, 1.165) is 25.8 Å². The molecular formula is C13H21N3O2S2. The first kappa shape index (κ1) is 15.3. The smallest absolute Gasteiger partial charge is 0.188 e. The van der Waals surface area contributed by atoms with Crippen molar-refractivity contribution in [1.29, 1.82) is 0 Å². The first-order valence-corrected chi connectivity index (χ1v) is 9.52. The van der Waals surface area contributed by atoms with Gasteiger partial charge in [0.1, 0.15) is 0 Å². The molecule has 2 heterocycles. The second kappa shape index (κ2) is 7.08. The second-order valence-corrected chi connectivity index (χ2v) is 8.37. The molecule has 5 nitrogen and oxygen atoms in total. The normalized spacial score (nSPS) is 22.6. The fraction of sp³-hybridized carbons (Fsp3) is 0.615. The van der Waals surface area contributed by atoms with Crippen LogP contribution in [-0.4, -0.2) is 39.0 Å². The highest BCUT2D eigenvalue weighted by molar-refractivity contribution is 7.91. The molecule has 0 radical (unpaired) electrons. The molecule has 3 N–H and O–H groups in total. The van der Waals surface area contributed by atoms with E-state index in [1.165, 1.54) is 4.88 Å². The lowest BCUT2D eigenvalue weighted by Crippen LogP contribution is -2.34. The molecule has 1 aromatic rings. The molecule has 0 spiro atoms. The molecule has 0 aliphatic carbocycles. The molecule has 0 aromatic carbocycles. The summed E-state index contributed by atoms with van der Waals surface area (Å²) in [4.78, 5) is 5.56. The maximum absolute atomic E-state index is 11.5. The number of nitrogens with zero attached hydrogens (tertiary/aromatic N) is 1. The molecular weight excluding hydrogens is 294 g/mol. The lowest BCUT2D eigenvalue weighted by molar-refractivity contribution is 0.493. The third-order valence-corrected chi connectivity index (χ3v) is 6.16. The van der Waals surface area contributed by atoms with Crippen LogP contribution in [0.4, 0.5) is 0 Å². The standard InChI is InChI=1S/C13H21N3O2S2/c14-13(15-6-5-12-4-1-7-19-12)16-9-11-3-2-8-20(17,18)10-11/h1,4,7,11H,2-3,5-6,8-10H2,(H3,14,15,16). The number of hydrogen-bond donors (Lipinski definition) is 2. The van der Waals surface area contributed by atoms with Crippen molar-refractivity contribution >= 4 is 27.1 Å². The molecule has 112 valence electrons. The predicted molar refractivity (Wildman–Crippen MR) is 83.9 cm³/mol. The summed E-state index contributed by atoms with van der Waals surface area (Å²) in [5.74, 6) is 1.09. The summed E-state index contributed by atoms with van der Waals surface area (Å²) < 4.78 is 23.0. The summed E-state index contributed by atoms with van der Waals surface area (Å²) in [6.45, 7) is 1.25. The van der Waals surface area contributed by atoms with Gasteiger partial charge in [-0.05, 0) is 36.6 Å². The van der Waals surface area contributed by atoms with E-state index in [4.69, 9.17) is 5.73 Å². The Morgan fingerprint density at radius 3 is 3.10 bits per heavy atom. The molecule has 1 unspecified atom stereocenters. The first-order valence-electron chi connectivity index (χ1n) is 6.82. The van der Waals surface area contributed by atoms with E-state index >= 15 is 0 Å². The molecule has 1 aliphatic heterocycles.